The van der Waals surface area contributed by atoms with Crippen LogP contribution in [0.25, 0.3) is 0 Å². The van der Waals surface area contributed by atoms with Crippen molar-refractivity contribution >= 4 is 11.6 Å². The molecule has 1 aromatic carbocycles. The van der Waals surface area contributed by atoms with Gasteiger partial charge in [0.05, 0.1) is 19.3 Å². The summed E-state index contributed by atoms with van der Waals surface area (Å²) in [5.41, 5.74) is 0.945. The summed E-state index contributed by atoms with van der Waals surface area (Å²) in [5, 5.41) is 13.8. The molecule has 4 nitrogen and oxygen atoms in total. The van der Waals surface area contributed by atoms with Gasteiger partial charge in [0, 0.05) is 24.7 Å². The maximum atomic E-state index is 9.84. The topological polar surface area (TPSA) is 44.7 Å². The summed E-state index contributed by atoms with van der Waals surface area (Å²) in [6, 6.07) is 7.58. The largest absolute Gasteiger partial charge is 0.389 e. The lowest BCUT2D eigenvalue weighted by molar-refractivity contribution is 0.0287. The monoisotopic (exact) mass is 314 g/mol. The van der Waals surface area contributed by atoms with Crippen molar-refractivity contribution in [3.8, 4) is 0 Å². The van der Waals surface area contributed by atoms with Gasteiger partial charge >= 0.3 is 0 Å². The summed E-state index contributed by atoms with van der Waals surface area (Å²) in [7, 11) is 0. The highest BCUT2D eigenvalue weighted by Gasteiger charge is 2.06. The Kier molecular flexibility index (Phi) is 9.63. The first-order valence-electron chi connectivity index (χ1n) is 7.59. The molecule has 0 aliphatic carbocycles. The molecule has 0 heterocycles. The third-order valence-electron chi connectivity index (χ3n) is 3.40. The van der Waals surface area contributed by atoms with Gasteiger partial charge in [-0.3, -0.25) is 0 Å². The van der Waals surface area contributed by atoms with Crippen molar-refractivity contribution in [2.24, 2.45) is 0 Å². The van der Waals surface area contributed by atoms with Crippen LogP contribution in [0.3, 0.4) is 0 Å². The van der Waals surface area contributed by atoms with Crippen LogP contribution in [-0.4, -0.2) is 55.4 Å². The van der Waals surface area contributed by atoms with Crippen LogP contribution in [0.2, 0.25) is 5.02 Å². The molecule has 1 atom stereocenters. The molecular weight excluding hydrogens is 288 g/mol. The van der Waals surface area contributed by atoms with Gasteiger partial charge in [0.25, 0.3) is 0 Å². The summed E-state index contributed by atoms with van der Waals surface area (Å²) in [5.74, 6) is 0. The normalized spacial score (nSPS) is 12.8. The number of ether oxygens (including phenoxy) is 1. The number of halogens is 1. The van der Waals surface area contributed by atoms with Crippen LogP contribution in [0, 0.1) is 0 Å². The van der Waals surface area contributed by atoms with Crippen molar-refractivity contribution < 1.29 is 9.84 Å². The molecule has 0 aliphatic heterocycles. The van der Waals surface area contributed by atoms with E-state index >= 15 is 0 Å². The molecule has 0 bridgehead atoms. The van der Waals surface area contributed by atoms with Crippen molar-refractivity contribution in [1.82, 2.24) is 10.2 Å². The van der Waals surface area contributed by atoms with Crippen molar-refractivity contribution in [3.05, 3.63) is 34.9 Å². The lowest BCUT2D eigenvalue weighted by Gasteiger charge is -2.19. The molecule has 0 saturated carbocycles. The summed E-state index contributed by atoms with van der Waals surface area (Å²) < 4.78 is 5.50. The average Bonchev–Trinajstić information content (AvgIpc) is 2.49. The van der Waals surface area contributed by atoms with Crippen molar-refractivity contribution in [1.29, 1.82) is 0 Å². The predicted octanol–water partition coefficient (Wildman–Crippen LogP) is 2.15. The molecular formula is C16H27ClN2O2. The fraction of sp³-hybridized carbons (Fsp3) is 0.625. The average molecular weight is 315 g/mol. The Hall–Kier alpha value is -0.650. The first-order chi connectivity index (χ1) is 10.2. The van der Waals surface area contributed by atoms with E-state index < -0.39 is 6.10 Å². The van der Waals surface area contributed by atoms with Gasteiger partial charge in [-0.05, 0) is 24.7 Å². The number of likely N-dealkylation sites (N-methyl/N-ethyl adjacent to an activating group) is 1. The van der Waals surface area contributed by atoms with Gasteiger partial charge in [-0.2, -0.15) is 0 Å². The minimum Gasteiger partial charge on any atom is -0.389 e. The molecule has 1 aromatic rings. The number of rotatable bonds is 11. The highest BCUT2D eigenvalue weighted by Crippen LogP contribution is 2.15. The Morgan fingerprint density at radius 1 is 1.29 bits per heavy atom. The first kappa shape index (κ1) is 18.4. The summed E-state index contributed by atoms with van der Waals surface area (Å²) in [6.45, 7) is 9.58. The molecule has 0 radical (unpaired) electrons. The molecule has 0 saturated heterocycles. The van der Waals surface area contributed by atoms with E-state index in [0.29, 0.717) is 24.8 Å². The van der Waals surface area contributed by atoms with Gasteiger partial charge in [0.2, 0.25) is 0 Å². The minimum atomic E-state index is -0.496. The van der Waals surface area contributed by atoms with Gasteiger partial charge in [0.15, 0.2) is 0 Å². The van der Waals surface area contributed by atoms with E-state index in [2.05, 4.69) is 24.1 Å². The maximum Gasteiger partial charge on any atom is 0.0897 e. The van der Waals surface area contributed by atoms with E-state index in [-0.39, 0.29) is 0 Å². The predicted molar refractivity (Wildman–Crippen MR) is 87.8 cm³/mol. The fourth-order valence-electron chi connectivity index (χ4n) is 2.02. The number of nitrogens with one attached hydrogen (secondary N) is 1. The highest BCUT2D eigenvalue weighted by molar-refractivity contribution is 6.31. The van der Waals surface area contributed by atoms with E-state index in [4.69, 9.17) is 16.3 Å². The van der Waals surface area contributed by atoms with E-state index in [0.717, 1.165) is 31.7 Å². The zero-order valence-electron chi connectivity index (χ0n) is 13.0. The van der Waals surface area contributed by atoms with Crippen LogP contribution in [0.5, 0.6) is 0 Å². The second-order valence-electron chi connectivity index (χ2n) is 4.99. The van der Waals surface area contributed by atoms with E-state index in [1.165, 1.54) is 0 Å². The molecule has 1 unspecified atom stereocenters. The van der Waals surface area contributed by atoms with Gasteiger partial charge < -0.3 is 20.1 Å². The zero-order chi connectivity index (χ0) is 15.5. The summed E-state index contributed by atoms with van der Waals surface area (Å²) in [6.07, 6.45) is -0.496. The molecule has 0 amide bonds. The Morgan fingerprint density at radius 3 is 2.67 bits per heavy atom. The van der Waals surface area contributed by atoms with E-state index in [1.807, 2.05) is 24.3 Å². The van der Waals surface area contributed by atoms with Crippen molar-refractivity contribution in [2.45, 2.75) is 26.6 Å². The summed E-state index contributed by atoms with van der Waals surface area (Å²) in [4.78, 5) is 2.34. The van der Waals surface area contributed by atoms with Gasteiger partial charge in [-0.25, -0.2) is 0 Å². The third-order valence-corrected chi connectivity index (χ3v) is 3.77. The van der Waals surface area contributed by atoms with Crippen LogP contribution in [-0.2, 0) is 11.3 Å². The van der Waals surface area contributed by atoms with Crippen LogP contribution < -0.4 is 5.32 Å². The lowest BCUT2D eigenvalue weighted by Crippen LogP contribution is -2.36. The second-order valence-corrected chi connectivity index (χ2v) is 5.40. The Labute approximate surface area is 133 Å². The molecule has 21 heavy (non-hydrogen) atoms. The number of aliphatic hydroxyl groups is 1. The van der Waals surface area contributed by atoms with E-state index in [9.17, 15) is 5.11 Å². The highest BCUT2D eigenvalue weighted by atomic mass is 35.5. The third kappa shape index (κ3) is 7.79. The number of aliphatic hydroxyl groups excluding tert-OH is 1. The number of benzene rings is 1. The molecule has 2 N–H and O–H groups in total. The van der Waals surface area contributed by atoms with E-state index in [1.54, 1.807) is 0 Å². The smallest absolute Gasteiger partial charge is 0.0897 e. The van der Waals surface area contributed by atoms with Gasteiger partial charge in [-0.15, -0.1) is 0 Å². The first-order valence-corrected chi connectivity index (χ1v) is 7.97. The van der Waals surface area contributed by atoms with Gasteiger partial charge in [-0.1, -0.05) is 43.6 Å². The molecule has 0 aliphatic rings. The maximum absolute atomic E-state index is 9.84. The van der Waals surface area contributed by atoms with Crippen LogP contribution in [0.4, 0.5) is 0 Å². The molecule has 120 valence electrons. The van der Waals surface area contributed by atoms with Crippen LogP contribution >= 0.6 is 11.6 Å². The van der Waals surface area contributed by atoms with Crippen molar-refractivity contribution in [3.63, 3.8) is 0 Å². The number of hydrogen-bond acceptors (Lipinski definition) is 4. The Morgan fingerprint density at radius 2 is 2.00 bits per heavy atom. The lowest BCUT2D eigenvalue weighted by atomic mass is 10.2. The number of nitrogens with zero attached hydrogens (tertiary/aromatic N) is 1. The second kappa shape index (κ2) is 11.0. The minimum absolute atomic E-state index is 0.309. The van der Waals surface area contributed by atoms with Gasteiger partial charge in [0.1, 0.15) is 0 Å². The molecule has 5 heteroatoms. The summed E-state index contributed by atoms with van der Waals surface area (Å²) >= 11 is 6.04. The standard InChI is InChI=1S/C16H27ClN2O2/c1-3-19(4-2)10-9-18-11-15(20)13-21-12-14-7-5-6-8-16(14)17/h5-8,15,18,20H,3-4,9-13H2,1-2H3. The Balaban J connectivity index is 2.09. The van der Waals surface area contributed by atoms with Crippen molar-refractivity contribution in [2.75, 3.05) is 39.3 Å². The molecule has 0 spiro atoms. The quantitative estimate of drug-likeness (QED) is 0.614. The number of hydrogen-bond donors (Lipinski definition) is 2. The van der Waals surface area contributed by atoms with Crippen LogP contribution in [0.1, 0.15) is 19.4 Å². The SMILES string of the molecule is CCN(CC)CCNCC(O)COCc1ccccc1Cl. The van der Waals surface area contributed by atoms with Crippen LogP contribution in [0.15, 0.2) is 24.3 Å². The molecule has 0 aromatic heterocycles. The fourth-order valence-corrected chi connectivity index (χ4v) is 2.22. The molecule has 1 rings (SSSR count). The Bertz CT molecular complexity index is 386. The molecule has 0 fully saturated rings. The zero-order valence-corrected chi connectivity index (χ0v) is 13.8.